The van der Waals surface area contributed by atoms with Gasteiger partial charge in [0.05, 0.1) is 12.2 Å². The summed E-state index contributed by atoms with van der Waals surface area (Å²) in [4.78, 5) is 29.4. The van der Waals surface area contributed by atoms with E-state index >= 15 is 0 Å². The second-order valence-electron chi connectivity index (χ2n) is 6.11. The number of anilines is 1. The molecule has 1 amide bonds. The van der Waals surface area contributed by atoms with Crippen LogP contribution in [0.2, 0.25) is 0 Å². The quantitative estimate of drug-likeness (QED) is 0.339. The molecule has 0 unspecified atom stereocenters. The number of amidine groups is 1. The van der Waals surface area contributed by atoms with Crippen LogP contribution in [0, 0.1) is 5.41 Å². The second-order valence-corrected chi connectivity index (χ2v) is 6.11. The van der Waals surface area contributed by atoms with Gasteiger partial charge in [-0.1, -0.05) is 24.3 Å². The molecule has 0 saturated carbocycles. The molecule has 0 fully saturated rings. The van der Waals surface area contributed by atoms with Gasteiger partial charge in [0.2, 0.25) is 0 Å². The van der Waals surface area contributed by atoms with E-state index in [1.54, 1.807) is 67.6 Å². The Morgan fingerprint density at radius 1 is 1.03 bits per heavy atom. The number of aromatic nitrogens is 1. The summed E-state index contributed by atoms with van der Waals surface area (Å²) in [5, 5.41) is 10.2. The van der Waals surface area contributed by atoms with Crippen LogP contribution in [0.4, 0.5) is 5.69 Å². The molecule has 0 aliphatic carbocycles. The van der Waals surface area contributed by atoms with E-state index in [1.807, 2.05) is 0 Å². The maximum atomic E-state index is 12.9. The molecule has 0 atom stereocenters. The average Bonchev–Trinajstić information content (AvgIpc) is 2.74. The molecule has 29 heavy (non-hydrogen) atoms. The van der Waals surface area contributed by atoms with Crippen molar-refractivity contribution >= 4 is 23.4 Å². The minimum atomic E-state index is -0.460. The summed E-state index contributed by atoms with van der Waals surface area (Å²) >= 11 is 0. The van der Waals surface area contributed by atoms with E-state index in [-0.39, 0.29) is 18.1 Å². The Labute approximate surface area is 168 Å². The van der Waals surface area contributed by atoms with E-state index in [0.717, 1.165) is 0 Å². The predicted molar refractivity (Wildman–Crippen MR) is 111 cm³/mol. The topological polar surface area (TPSA) is 118 Å². The van der Waals surface area contributed by atoms with Gasteiger partial charge >= 0.3 is 5.97 Å². The molecule has 4 N–H and O–H groups in total. The number of nitrogens with zero attached hydrogens (tertiary/aromatic N) is 1. The fraction of sp³-hybridized carbons (Fsp3) is 0.0909. The molecule has 2 aromatic carbocycles. The number of amides is 1. The summed E-state index contributed by atoms with van der Waals surface area (Å²) in [7, 11) is 0. The highest BCUT2D eigenvalue weighted by Crippen LogP contribution is 2.27. The molecular formula is C22H20N4O3. The van der Waals surface area contributed by atoms with Gasteiger partial charge in [-0.2, -0.15) is 0 Å². The third-order valence-corrected chi connectivity index (χ3v) is 4.19. The fourth-order valence-electron chi connectivity index (χ4n) is 2.83. The van der Waals surface area contributed by atoms with Crippen LogP contribution < -0.4 is 11.1 Å². The van der Waals surface area contributed by atoms with Crippen molar-refractivity contribution in [3.05, 3.63) is 83.7 Å². The van der Waals surface area contributed by atoms with Crippen molar-refractivity contribution in [2.24, 2.45) is 5.73 Å². The first-order valence-electron chi connectivity index (χ1n) is 8.98. The Balaban J connectivity index is 1.95. The number of nitrogens with two attached hydrogens (primary N) is 1. The van der Waals surface area contributed by atoms with Crippen LogP contribution in [0.1, 0.15) is 33.3 Å². The van der Waals surface area contributed by atoms with E-state index in [2.05, 4.69) is 10.3 Å². The summed E-state index contributed by atoms with van der Waals surface area (Å²) in [6.45, 7) is 1.99. The van der Waals surface area contributed by atoms with Crippen molar-refractivity contribution in [2.75, 3.05) is 11.9 Å². The van der Waals surface area contributed by atoms with Gasteiger partial charge in [-0.15, -0.1) is 0 Å². The molecule has 0 spiro atoms. The number of hydrogen-bond acceptors (Lipinski definition) is 5. The molecule has 0 aliphatic rings. The molecule has 0 radical (unpaired) electrons. The first kappa shape index (κ1) is 19.8. The van der Waals surface area contributed by atoms with E-state index in [9.17, 15) is 9.59 Å². The number of benzene rings is 2. The van der Waals surface area contributed by atoms with E-state index in [1.165, 1.54) is 6.20 Å². The number of pyridine rings is 1. The van der Waals surface area contributed by atoms with Crippen molar-refractivity contribution in [3.8, 4) is 11.1 Å². The van der Waals surface area contributed by atoms with Crippen molar-refractivity contribution in [2.45, 2.75) is 6.92 Å². The van der Waals surface area contributed by atoms with Gasteiger partial charge in [0.25, 0.3) is 5.91 Å². The number of ether oxygens (including phenoxy) is 1. The van der Waals surface area contributed by atoms with Gasteiger partial charge in [-0.25, -0.2) is 4.79 Å². The predicted octanol–water partition coefficient (Wildman–Crippen LogP) is 3.46. The molecule has 7 heteroatoms. The van der Waals surface area contributed by atoms with Crippen LogP contribution in [0.25, 0.3) is 11.1 Å². The molecule has 0 aliphatic heterocycles. The highest BCUT2D eigenvalue weighted by Gasteiger charge is 2.20. The van der Waals surface area contributed by atoms with E-state index in [0.29, 0.717) is 27.9 Å². The van der Waals surface area contributed by atoms with Gasteiger partial charge < -0.3 is 15.8 Å². The molecule has 146 valence electrons. The number of rotatable bonds is 6. The fourth-order valence-corrected chi connectivity index (χ4v) is 2.83. The van der Waals surface area contributed by atoms with Crippen molar-refractivity contribution < 1.29 is 14.3 Å². The van der Waals surface area contributed by atoms with Gasteiger partial charge in [-0.3, -0.25) is 15.2 Å². The molecule has 0 saturated heterocycles. The second kappa shape index (κ2) is 8.79. The summed E-state index contributed by atoms with van der Waals surface area (Å²) in [5.74, 6) is -0.932. The number of esters is 1. The van der Waals surface area contributed by atoms with Crippen LogP contribution in [-0.2, 0) is 4.74 Å². The van der Waals surface area contributed by atoms with Crippen LogP contribution in [-0.4, -0.2) is 29.3 Å². The van der Waals surface area contributed by atoms with Crippen LogP contribution in [0.15, 0.2) is 66.9 Å². The summed E-state index contributed by atoms with van der Waals surface area (Å²) in [6, 6.07) is 17.0. The van der Waals surface area contributed by atoms with Crippen LogP contribution >= 0.6 is 0 Å². The lowest BCUT2D eigenvalue weighted by Gasteiger charge is -2.13. The minimum Gasteiger partial charge on any atom is -0.462 e. The monoisotopic (exact) mass is 388 g/mol. The zero-order valence-electron chi connectivity index (χ0n) is 15.8. The molecule has 7 nitrogen and oxygen atoms in total. The molecule has 3 aromatic rings. The van der Waals surface area contributed by atoms with Crippen LogP contribution in [0.3, 0.4) is 0 Å². The van der Waals surface area contributed by atoms with Gasteiger partial charge in [0.1, 0.15) is 11.5 Å². The standard InChI is InChI=1S/C22H20N4O3/c1-2-29-22(28)18-7-4-3-6-16(18)17-8-5-13-25-19(17)21(27)26-15-11-9-14(10-12-15)20(23)24/h3-13H,2H2,1H3,(H3,23,24)(H,26,27). The number of carbonyl (C=O) groups is 2. The molecule has 0 bridgehead atoms. The molecule has 1 heterocycles. The maximum Gasteiger partial charge on any atom is 0.338 e. The number of nitrogens with one attached hydrogen (secondary N) is 2. The van der Waals surface area contributed by atoms with Gasteiger partial charge in [-0.05, 0) is 48.9 Å². The van der Waals surface area contributed by atoms with Crippen molar-refractivity contribution in [1.82, 2.24) is 4.98 Å². The molecular weight excluding hydrogens is 368 g/mol. The number of nitrogen functional groups attached to an aromatic ring is 1. The SMILES string of the molecule is CCOC(=O)c1ccccc1-c1cccnc1C(=O)Nc1ccc(C(=N)N)cc1. The van der Waals surface area contributed by atoms with Crippen molar-refractivity contribution in [3.63, 3.8) is 0 Å². The lowest BCUT2D eigenvalue weighted by atomic mass is 9.98. The third-order valence-electron chi connectivity index (χ3n) is 4.19. The molecule has 1 aromatic heterocycles. The highest BCUT2D eigenvalue weighted by atomic mass is 16.5. The third kappa shape index (κ3) is 4.47. The lowest BCUT2D eigenvalue weighted by molar-refractivity contribution is 0.0527. The average molecular weight is 388 g/mol. The van der Waals surface area contributed by atoms with E-state index in [4.69, 9.17) is 15.9 Å². The Hall–Kier alpha value is -4.00. The summed E-state index contributed by atoms with van der Waals surface area (Å²) in [5.41, 5.74) is 8.18. The van der Waals surface area contributed by atoms with Gasteiger partial charge in [0, 0.05) is 23.0 Å². The number of hydrogen-bond donors (Lipinski definition) is 3. The minimum absolute atomic E-state index is 0.0505. The first-order valence-corrected chi connectivity index (χ1v) is 8.98. The Morgan fingerprint density at radius 3 is 2.41 bits per heavy atom. The van der Waals surface area contributed by atoms with Crippen molar-refractivity contribution in [1.29, 1.82) is 5.41 Å². The Kier molecular flexibility index (Phi) is 5.99. The first-order chi connectivity index (χ1) is 14.0. The maximum absolute atomic E-state index is 12.9. The molecule has 3 rings (SSSR count). The van der Waals surface area contributed by atoms with Gasteiger partial charge in [0.15, 0.2) is 0 Å². The highest BCUT2D eigenvalue weighted by molar-refractivity contribution is 6.09. The zero-order chi connectivity index (χ0) is 20.8. The largest absolute Gasteiger partial charge is 0.462 e. The van der Waals surface area contributed by atoms with Crippen LogP contribution in [0.5, 0.6) is 0 Å². The lowest BCUT2D eigenvalue weighted by Crippen LogP contribution is -2.16. The smallest absolute Gasteiger partial charge is 0.338 e. The number of carbonyl (C=O) groups excluding carboxylic acids is 2. The summed E-state index contributed by atoms with van der Waals surface area (Å²) < 4.78 is 5.13. The Bertz CT molecular complexity index is 1060. The summed E-state index contributed by atoms with van der Waals surface area (Å²) in [6.07, 6.45) is 1.52. The normalized spacial score (nSPS) is 10.2. The van der Waals surface area contributed by atoms with E-state index < -0.39 is 11.9 Å². The zero-order valence-corrected chi connectivity index (χ0v) is 15.8. The Morgan fingerprint density at radius 2 is 1.72 bits per heavy atom.